The van der Waals surface area contributed by atoms with Crippen LogP contribution in [0, 0.1) is 5.92 Å². The summed E-state index contributed by atoms with van der Waals surface area (Å²) in [6.07, 6.45) is 6.76. The second-order valence-electron chi connectivity index (χ2n) is 5.36. The largest absolute Gasteiger partial charge is 0.463 e. The number of aromatic nitrogens is 5. The maximum Gasteiger partial charge on any atom is 0.316 e. The van der Waals surface area contributed by atoms with Crippen LogP contribution in [0.4, 0.5) is 0 Å². The molecule has 0 radical (unpaired) electrons. The molecule has 2 aromatic rings. The monoisotopic (exact) mass is 302 g/mol. The molecule has 0 aromatic carbocycles. The molecule has 3 heterocycles. The fraction of sp³-hybridized carbons (Fsp3) is 0.500. The van der Waals surface area contributed by atoms with Crippen LogP contribution in [0.3, 0.4) is 0 Å². The number of hydrogen-bond donors (Lipinski definition) is 0. The lowest BCUT2D eigenvalue weighted by atomic mass is 9.97. The molecule has 2 aromatic heterocycles. The molecular formula is C14H18N6O2. The summed E-state index contributed by atoms with van der Waals surface area (Å²) in [4.78, 5) is 22.1. The Bertz CT molecular complexity index is 621. The van der Waals surface area contributed by atoms with Gasteiger partial charge in [0, 0.05) is 32.5 Å². The van der Waals surface area contributed by atoms with Crippen molar-refractivity contribution < 1.29 is 9.53 Å². The van der Waals surface area contributed by atoms with Gasteiger partial charge in [0.1, 0.15) is 0 Å². The maximum atomic E-state index is 12.3. The number of aryl methyl sites for hydroxylation is 1. The SMILES string of the molecule is Cn1cc(C(=O)N2CCC(COc3ncccn3)CC2)nn1. The number of amides is 1. The Morgan fingerprint density at radius 3 is 2.68 bits per heavy atom. The van der Waals surface area contributed by atoms with E-state index in [4.69, 9.17) is 4.74 Å². The summed E-state index contributed by atoms with van der Waals surface area (Å²) < 4.78 is 7.11. The molecule has 1 amide bonds. The van der Waals surface area contributed by atoms with Crippen molar-refractivity contribution in [2.75, 3.05) is 19.7 Å². The third-order valence-electron chi connectivity index (χ3n) is 3.71. The van der Waals surface area contributed by atoms with Crippen LogP contribution in [0.5, 0.6) is 6.01 Å². The van der Waals surface area contributed by atoms with Gasteiger partial charge in [-0.1, -0.05) is 5.21 Å². The van der Waals surface area contributed by atoms with Gasteiger partial charge in [-0.3, -0.25) is 9.48 Å². The number of hydrogen-bond acceptors (Lipinski definition) is 6. The minimum absolute atomic E-state index is 0.0566. The molecule has 116 valence electrons. The standard InChI is InChI=1S/C14H18N6O2/c1-19-9-12(17-18-19)13(21)20-7-3-11(4-8-20)10-22-14-15-5-2-6-16-14/h2,5-6,9,11H,3-4,7-8,10H2,1H3. The zero-order valence-electron chi connectivity index (χ0n) is 12.4. The van der Waals surface area contributed by atoms with Crippen molar-refractivity contribution in [3.8, 4) is 6.01 Å². The summed E-state index contributed by atoms with van der Waals surface area (Å²) >= 11 is 0. The van der Waals surface area contributed by atoms with Gasteiger partial charge in [-0.15, -0.1) is 5.10 Å². The van der Waals surface area contributed by atoms with Crippen LogP contribution in [-0.2, 0) is 7.05 Å². The van der Waals surface area contributed by atoms with Gasteiger partial charge in [-0.25, -0.2) is 9.97 Å². The van der Waals surface area contributed by atoms with Gasteiger partial charge in [0.25, 0.3) is 5.91 Å². The molecule has 8 nitrogen and oxygen atoms in total. The van der Waals surface area contributed by atoms with Crippen LogP contribution in [0.1, 0.15) is 23.3 Å². The first-order chi connectivity index (χ1) is 10.7. The average molecular weight is 302 g/mol. The maximum absolute atomic E-state index is 12.3. The molecule has 0 atom stereocenters. The highest BCUT2D eigenvalue weighted by molar-refractivity contribution is 5.91. The van der Waals surface area contributed by atoms with E-state index in [0.29, 0.717) is 37.3 Å². The van der Waals surface area contributed by atoms with E-state index >= 15 is 0 Å². The first-order valence-electron chi connectivity index (χ1n) is 7.28. The number of likely N-dealkylation sites (tertiary alicyclic amines) is 1. The van der Waals surface area contributed by atoms with Gasteiger partial charge in [0.15, 0.2) is 5.69 Å². The molecule has 0 saturated carbocycles. The van der Waals surface area contributed by atoms with E-state index in [1.807, 2.05) is 4.90 Å². The molecule has 3 rings (SSSR count). The lowest BCUT2D eigenvalue weighted by Gasteiger charge is -2.31. The summed E-state index contributed by atoms with van der Waals surface area (Å²) in [5, 5.41) is 7.66. The highest BCUT2D eigenvalue weighted by Crippen LogP contribution is 2.19. The highest BCUT2D eigenvalue weighted by Gasteiger charge is 2.25. The van der Waals surface area contributed by atoms with E-state index in [9.17, 15) is 4.79 Å². The van der Waals surface area contributed by atoms with Crippen molar-refractivity contribution in [1.29, 1.82) is 0 Å². The van der Waals surface area contributed by atoms with Crippen LogP contribution in [0.15, 0.2) is 24.7 Å². The lowest BCUT2D eigenvalue weighted by molar-refractivity contribution is 0.0651. The van der Waals surface area contributed by atoms with Crippen molar-refractivity contribution in [2.45, 2.75) is 12.8 Å². The molecule has 1 fully saturated rings. The summed E-state index contributed by atoms with van der Waals surface area (Å²) in [6.45, 7) is 2.00. The second kappa shape index (κ2) is 6.50. The van der Waals surface area contributed by atoms with Crippen molar-refractivity contribution >= 4 is 5.91 Å². The van der Waals surface area contributed by atoms with E-state index in [1.165, 1.54) is 4.68 Å². The molecule has 0 spiro atoms. The van der Waals surface area contributed by atoms with Gasteiger partial charge < -0.3 is 9.64 Å². The normalized spacial score (nSPS) is 15.8. The zero-order chi connectivity index (χ0) is 15.4. The van der Waals surface area contributed by atoms with Crippen LogP contribution in [0.25, 0.3) is 0 Å². The highest BCUT2D eigenvalue weighted by atomic mass is 16.5. The quantitative estimate of drug-likeness (QED) is 0.819. The van der Waals surface area contributed by atoms with E-state index < -0.39 is 0 Å². The van der Waals surface area contributed by atoms with Crippen LogP contribution in [-0.4, -0.2) is 55.5 Å². The van der Waals surface area contributed by atoms with Gasteiger partial charge in [0.2, 0.25) is 0 Å². The Morgan fingerprint density at radius 2 is 2.05 bits per heavy atom. The Labute approximate surface area is 128 Å². The van der Waals surface area contributed by atoms with Gasteiger partial charge >= 0.3 is 6.01 Å². The van der Waals surface area contributed by atoms with Gasteiger partial charge in [-0.05, 0) is 24.8 Å². The zero-order valence-corrected chi connectivity index (χ0v) is 12.4. The Hall–Kier alpha value is -2.51. The van der Waals surface area contributed by atoms with E-state index in [-0.39, 0.29) is 5.91 Å². The molecule has 1 saturated heterocycles. The number of ether oxygens (including phenoxy) is 1. The number of carbonyl (C=O) groups excluding carboxylic acids is 1. The van der Waals surface area contributed by atoms with Crippen LogP contribution >= 0.6 is 0 Å². The number of piperidine rings is 1. The summed E-state index contributed by atoms with van der Waals surface area (Å²) in [7, 11) is 1.75. The Morgan fingerprint density at radius 1 is 1.32 bits per heavy atom. The average Bonchev–Trinajstić information content (AvgIpc) is 3.00. The third-order valence-corrected chi connectivity index (χ3v) is 3.71. The number of nitrogens with zero attached hydrogens (tertiary/aromatic N) is 6. The van der Waals surface area contributed by atoms with Crippen molar-refractivity contribution in [1.82, 2.24) is 29.9 Å². The predicted molar refractivity (Wildman–Crippen MR) is 77.2 cm³/mol. The fourth-order valence-corrected chi connectivity index (χ4v) is 2.46. The summed E-state index contributed by atoms with van der Waals surface area (Å²) in [5.41, 5.74) is 0.398. The molecule has 0 bridgehead atoms. The molecule has 0 N–H and O–H groups in total. The van der Waals surface area contributed by atoms with E-state index in [1.54, 1.807) is 31.7 Å². The first-order valence-corrected chi connectivity index (χ1v) is 7.28. The lowest BCUT2D eigenvalue weighted by Crippen LogP contribution is -2.39. The Balaban J connectivity index is 1.47. The molecule has 0 aliphatic carbocycles. The molecule has 8 heteroatoms. The smallest absolute Gasteiger partial charge is 0.316 e. The minimum atomic E-state index is -0.0566. The topological polar surface area (TPSA) is 86.0 Å². The molecule has 0 unspecified atom stereocenters. The molecule has 1 aliphatic heterocycles. The first kappa shape index (κ1) is 14.4. The van der Waals surface area contributed by atoms with Crippen LogP contribution in [0.2, 0.25) is 0 Å². The summed E-state index contributed by atoms with van der Waals surface area (Å²) in [6, 6.07) is 2.16. The van der Waals surface area contributed by atoms with Crippen molar-refractivity contribution in [3.05, 3.63) is 30.4 Å². The molecule has 1 aliphatic rings. The third kappa shape index (κ3) is 3.38. The number of rotatable bonds is 4. The van der Waals surface area contributed by atoms with Crippen molar-refractivity contribution in [2.24, 2.45) is 13.0 Å². The number of carbonyl (C=O) groups is 1. The Kier molecular flexibility index (Phi) is 4.27. The summed E-state index contributed by atoms with van der Waals surface area (Å²) in [5.74, 6) is 0.355. The predicted octanol–water partition coefficient (Wildman–Crippen LogP) is 0.536. The molecule has 22 heavy (non-hydrogen) atoms. The van der Waals surface area contributed by atoms with Gasteiger partial charge in [0.05, 0.1) is 12.8 Å². The van der Waals surface area contributed by atoms with E-state index in [0.717, 1.165) is 12.8 Å². The van der Waals surface area contributed by atoms with Crippen LogP contribution < -0.4 is 4.74 Å². The molecular weight excluding hydrogens is 284 g/mol. The fourth-order valence-electron chi connectivity index (χ4n) is 2.46. The van der Waals surface area contributed by atoms with Crippen molar-refractivity contribution in [3.63, 3.8) is 0 Å². The second-order valence-corrected chi connectivity index (χ2v) is 5.36. The minimum Gasteiger partial charge on any atom is -0.463 e. The van der Waals surface area contributed by atoms with Gasteiger partial charge in [-0.2, -0.15) is 0 Å². The van der Waals surface area contributed by atoms with E-state index in [2.05, 4.69) is 20.3 Å².